The van der Waals surface area contributed by atoms with Gasteiger partial charge in [-0.3, -0.25) is 28.0 Å². The smallest absolute Gasteiger partial charge is 0.336 e. The summed E-state index contributed by atoms with van der Waals surface area (Å²) < 4.78 is 45.1. The molecule has 0 aliphatic heterocycles. The van der Waals surface area contributed by atoms with Crippen molar-refractivity contribution in [3.63, 3.8) is 0 Å². The van der Waals surface area contributed by atoms with Crippen LogP contribution in [-0.2, 0) is 17.1 Å². The van der Waals surface area contributed by atoms with Crippen LogP contribution in [0.5, 0.6) is 0 Å². The number of halogens is 3. The van der Waals surface area contributed by atoms with Crippen LogP contribution >= 0.6 is 34.2 Å². The number of nitrogens with one attached hydrogen (secondary N) is 2. The first-order chi connectivity index (χ1) is 18.3. The molecule has 39 heavy (non-hydrogen) atoms. The molecule has 0 radical (unpaired) electrons. The second kappa shape index (κ2) is 9.78. The second-order valence-electron chi connectivity index (χ2n) is 9.41. The lowest BCUT2D eigenvalue weighted by atomic mass is 10.1. The average molecular weight is 686 g/mol. The van der Waals surface area contributed by atoms with Crippen molar-refractivity contribution in [2.45, 2.75) is 25.8 Å². The summed E-state index contributed by atoms with van der Waals surface area (Å²) in [5, 5.41) is 3.01. The van der Waals surface area contributed by atoms with Crippen molar-refractivity contribution in [1.29, 1.82) is 0 Å². The molecule has 5 rings (SSSR count). The first-order valence-corrected chi connectivity index (χ1v) is 15.0. The number of hydrogen-bond donors (Lipinski definition) is 2. The number of aryl methyl sites for hydroxylation is 1. The van der Waals surface area contributed by atoms with E-state index in [0.717, 1.165) is 10.8 Å². The summed E-state index contributed by atoms with van der Waals surface area (Å²) >= 11 is 8.27. The van der Waals surface area contributed by atoms with Gasteiger partial charge in [0.05, 0.1) is 28.8 Å². The van der Waals surface area contributed by atoms with Gasteiger partial charge in [0.2, 0.25) is 10.0 Å². The minimum Gasteiger partial charge on any atom is -0.338 e. The number of aromatic nitrogens is 3. The Bertz CT molecular complexity index is 1980. The lowest BCUT2D eigenvalue weighted by Crippen LogP contribution is -2.41. The largest absolute Gasteiger partial charge is 0.338 e. The summed E-state index contributed by atoms with van der Waals surface area (Å²) in [6, 6.07) is 8.30. The van der Waals surface area contributed by atoms with Gasteiger partial charge < -0.3 is 5.32 Å². The van der Waals surface area contributed by atoms with Crippen molar-refractivity contribution < 1.29 is 12.8 Å². The molecule has 10 nitrogen and oxygen atoms in total. The fourth-order valence-electron chi connectivity index (χ4n) is 4.55. The highest BCUT2D eigenvalue weighted by Crippen LogP contribution is 2.34. The minimum absolute atomic E-state index is 0.00310. The number of sulfonamides is 1. The van der Waals surface area contributed by atoms with Gasteiger partial charge in [-0.2, -0.15) is 0 Å². The quantitative estimate of drug-likeness (QED) is 0.296. The molecule has 0 unspecified atom stereocenters. The molecule has 2 N–H and O–H groups in total. The molecule has 0 atom stereocenters. The molecule has 4 aromatic rings. The number of benzene rings is 2. The third kappa shape index (κ3) is 5.10. The van der Waals surface area contributed by atoms with E-state index in [9.17, 15) is 27.2 Å². The summed E-state index contributed by atoms with van der Waals surface area (Å²) in [7, 11) is -2.23. The molecular formula is C25H22ClFIN5O5S. The summed E-state index contributed by atoms with van der Waals surface area (Å²) in [5.74, 6) is -0.587. The number of anilines is 3. The molecule has 1 fully saturated rings. The monoisotopic (exact) mass is 685 g/mol. The fraction of sp³-hybridized carbons (Fsp3) is 0.240. The summed E-state index contributed by atoms with van der Waals surface area (Å²) in [6.07, 6.45) is 2.19. The van der Waals surface area contributed by atoms with Gasteiger partial charge in [-0.15, -0.1) is 0 Å². The van der Waals surface area contributed by atoms with Crippen molar-refractivity contribution >= 4 is 72.3 Å². The van der Waals surface area contributed by atoms with E-state index in [0.29, 0.717) is 16.4 Å². The highest BCUT2D eigenvalue weighted by atomic mass is 127. The Labute approximate surface area is 240 Å². The maximum atomic E-state index is 14.8. The molecule has 0 amide bonds. The van der Waals surface area contributed by atoms with Crippen LogP contribution in [0.25, 0.3) is 16.6 Å². The van der Waals surface area contributed by atoms with Gasteiger partial charge >= 0.3 is 5.69 Å². The van der Waals surface area contributed by atoms with Gasteiger partial charge in [0, 0.05) is 27.2 Å². The van der Waals surface area contributed by atoms with E-state index in [2.05, 4.69) is 10.0 Å². The Morgan fingerprint density at radius 3 is 2.38 bits per heavy atom. The Morgan fingerprint density at radius 1 is 1.08 bits per heavy atom. The number of rotatable bonds is 6. The molecule has 1 aliphatic rings. The molecule has 0 saturated heterocycles. The van der Waals surface area contributed by atoms with Gasteiger partial charge in [0.15, 0.2) is 0 Å². The Kier molecular flexibility index (Phi) is 6.87. The van der Waals surface area contributed by atoms with E-state index in [4.69, 9.17) is 11.6 Å². The zero-order valence-corrected chi connectivity index (χ0v) is 24.6. The Balaban J connectivity index is 1.92. The van der Waals surface area contributed by atoms with Gasteiger partial charge in [-0.05, 0) is 78.8 Å². The summed E-state index contributed by atoms with van der Waals surface area (Å²) in [4.78, 5) is 41.1. The van der Waals surface area contributed by atoms with Crippen molar-refractivity contribution in [3.8, 4) is 5.69 Å². The molecule has 204 valence electrons. The fourth-order valence-corrected chi connectivity index (χ4v) is 5.78. The number of nitrogens with zero attached hydrogens (tertiary/aromatic N) is 3. The summed E-state index contributed by atoms with van der Waals surface area (Å²) in [5.41, 5.74) is -1.49. The van der Waals surface area contributed by atoms with Crippen LogP contribution in [0, 0.1) is 16.3 Å². The van der Waals surface area contributed by atoms with Crippen LogP contribution in [0.3, 0.4) is 0 Å². The molecule has 2 aromatic heterocycles. The van der Waals surface area contributed by atoms with Crippen molar-refractivity contribution in [3.05, 3.63) is 87.6 Å². The predicted octanol–water partition coefficient (Wildman–Crippen LogP) is 4.01. The highest BCUT2D eigenvalue weighted by molar-refractivity contribution is 14.1. The Morgan fingerprint density at radius 2 is 1.77 bits per heavy atom. The van der Waals surface area contributed by atoms with Crippen LogP contribution in [0.4, 0.5) is 21.6 Å². The van der Waals surface area contributed by atoms with Crippen LogP contribution in [0.2, 0.25) is 5.02 Å². The second-order valence-corrected chi connectivity index (χ2v) is 12.8. The minimum atomic E-state index is -3.68. The van der Waals surface area contributed by atoms with Crippen LogP contribution in [0.15, 0.2) is 50.8 Å². The molecular weight excluding hydrogens is 664 g/mol. The number of fused-ring (bicyclic) bond motifs is 1. The highest BCUT2D eigenvalue weighted by Gasteiger charge is 2.31. The molecule has 14 heteroatoms. The predicted molar refractivity (Wildman–Crippen MR) is 158 cm³/mol. The molecule has 2 aromatic carbocycles. The van der Waals surface area contributed by atoms with E-state index in [-0.39, 0.29) is 50.4 Å². The SMILES string of the molecule is Cc1c(=O)n(C)c(Nc2ccc(I)cc2F)c2c(=O)n(C3CC3)c(=O)n(-c3cc(Cl)cc(NS(C)(=O)=O)c3)c12. The average Bonchev–Trinajstić information content (AvgIpc) is 3.65. The van der Waals surface area contributed by atoms with E-state index >= 15 is 0 Å². The maximum Gasteiger partial charge on any atom is 0.336 e. The zero-order chi connectivity index (χ0) is 28.4. The van der Waals surface area contributed by atoms with Crippen molar-refractivity contribution in [1.82, 2.24) is 13.7 Å². The van der Waals surface area contributed by atoms with Gasteiger partial charge in [0.1, 0.15) is 17.0 Å². The molecule has 2 heterocycles. The van der Waals surface area contributed by atoms with E-state index in [1.54, 1.807) is 6.07 Å². The normalized spacial score (nSPS) is 13.6. The lowest BCUT2D eigenvalue weighted by Gasteiger charge is -2.21. The van der Waals surface area contributed by atoms with Crippen LogP contribution in [-0.4, -0.2) is 28.4 Å². The first-order valence-electron chi connectivity index (χ1n) is 11.7. The maximum absolute atomic E-state index is 14.8. The van der Waals surface area contributed by atoms with E-state index < -0.39 is 32.6 Å². The Hall–Kier alpha value is -3.17. The van der Waals surface area contributed by atoms with Crippen LogP contribution in [0.1, 0.15) is 24.4 Å². The lowest BCUT2D eigenvalue weighted by molar-refractivity contribution is 0.607. The standard InChI is InChI=1S/C25H22ClFIN5O5S/c1-12-21-20(22(31(2)23(12)34)29-19-7-4-14(28)10-18(19)27)24(35)33(16-5-6-16)25(36)32(21)17-9-13(26)8-15(11-17)30-39(3,37)38/h4,7-11,16,29-30H,5-6H2,1-3H3. The molecule has 0 spiro atoms. The van der Waals surface area contributed by atoms with Gasteiger partial charge in [-0.1, -0.05) is 11.6 Å². The first kappa shape index (κ1) is 27.4. The third-order valence-corrected chi connectivity index (χ3v) is 7.88. The molecule has 1 saturated carbocycles. The molecule has 1 aliphatic carbocycles. The van der Waals surface area contributed by atoms with Gasteiger partial charge in [-0.25, -0.2) is 17.6 Å². The third-order valence-electron chi connectivity index (χ3n) is 6.38. The number of pyridine rings is 1. The topological polar surface area (TPSA) is 124 Å². The number of hydrogen-bond acceptors (Lipinski definition) is 6. The zero-order valence-electron chi connectivity index (χ0n) is 20.9. The molecule has 0 bridgehead atoms. The van der Waals surface area contributed by atoms with E-state index in [1.807, 2.05) is 22.6 Å². The van der Waals surface area contributed by atoms with Crippen LogP contribution < -0.4 is 26.8 Å². The van der Waals surface area contributed by atoms with E-state index in [1.165, 1.54) is 53.4 Å². The van der Waals surface area contributed by atoms with Crippen molar-refractivity contribution in [2.24, 2.45) is 7.05 Å². The van der Waals surface area contributed by atoms with Gasteiger partial charge in [0.25, 0.3) is 11.1 Å². The summed E-state index contributed by atoms with van der Waals surface area (Å²) in [6.45, 7) is 1.48. The van der Waals surface area contributed by atoms with Crippen molar-refractivity contribution in [2.75, 3.05) is 16.3 Å².